The number of rotatable bonds is 4. The smallest absolute Gasteiger partial charge is 0.227 e. The quantitative estimate of drug-likeness (QED) is 0.877. The number of carbonyl (C=O) groups excluding carboxylic acids is 1. The van der Waals surface area contributed by atoms with Crippen LogP contribution in [-0.4, -0.2) is 30.6 Å². The molecule has 0 saturated carbocycles. The van der Waals surface area contributed by atoms with Gasteiger partial charge in [-0.25, -0.2) is 15.0 Å². The number of hydrogen-bond acceptors (Lipinski definition) is 5. The molecule has 0 aliphatic heterocycles. The molecule has 1 amide bonds. The van der Waals surface area contributed by atoms with E-state index >= 15 is 0 Å². The summed E-state index contributed by atoms with van der Waals surface area (Å²) in [5.74, 6) is 0.226. The summed E-state index contributed by atoms with van der Waals surface area (Å²) in [5.41, 5.74) is 0. The van der Waals surface area contributed by atoms with Gasteiger partial charge in [0.1, 0.15) is 21.9 Å². The number of nitrogens with one attached hydrogen (secondary N) is 1. The molecular weight excluding hydrogens is 368 g/mol. The minimum absolute atomic E-state index is 0.164. The molecule has 2 aromatic heterocycles. The monoisotopic (exact) mass is 374 g/mol. The van der Waals surface area contributed by atoms with E-state index in [4.69, 9.17) is 0 Å². The number of nitrogens with zero attached hydrogens (tertiary/aromatic N) is 5. The number of carbonyl (C=O) groups is 1. The number of halogens is 2. The van der Waals surface area contributed by atoms with Crippen LogP contribution < -0.4 is 5.32 Å². The van der Waals surface area contributed by atoms with Crippen LogP contribution in [0.4, 0.5) is 5.82 Å². The second-order valence-electron chi connectivity index (χ2n) is 3.29. The van der Waals surface area contributed by atoms with Gasteiger partial charge in [-0.1, -0.05) is 0 Å². The minimum Gasteiger partial charge on any atom is -0.308 e. The van der Waals surface area contributed by atoms with Crippen molar-refractivity contribution in [3.05, 3.63) is 28.1 Å². The molecule has 1 N–H and O–H groups in total. The Labute approximate surface area is 119 Å². The zero-order valence-electron chi connectivity index (χ0n) is 9.05. The molecule has 0 radical (unpaired) electrons. The third-order valence-corrected chi connectivity index (χ3v) is 2.93. The molecule has 0 fully saturated rings. The lowest BCUT2D eigenvalue weighted by atomic mass is 10.4. The van der Waals surface area contributed by atoms with Crippen molar-refractivity contribution in [3.8, 4) is 0 Å². The van der Waals surface area contributed by atoms with Crippen LogP contribution in [0.2, 0.25) is 0 Å². The Morgan fingerprint density at radius 3 is 2.94 bits per heavy atom. The largest absolute Gasteiger partial charge is 0.308 e. The van der Waals surface area contributed by atoms with Crippen LogP contribution >= 0.6 is 31.9 Å². The summed E-state index contributed by atoms with van der Waals surface area (Å²) in [5, 5.41) is 6.56. The third-order valence-electron chi connectivity index (χ3n) is 1.99. The minimum atomic E-state index is -0.164. The number of hydrogen-bond donors (Lipinski definition) is 1. The first-order valence-electron chi connectivity index (χ1n) is 4.95. The van der Waals surface area contributed by atoms with E-state index in [0.717, 1.165) is 0 Å². The van der Waals surface area contributed by atoms with Gasteiger partial charge in [0.15, 0.2) is 5.82 Å². The van der Waals surface area contributed by atoms with E-state index in [1.54, 1.807) is 11.0 Å². The van der Waals surface area contributed by atoms with Gasteiger partial charge in [-0.2, -0.15) is 5.10 Å². The summed E-state index contributed by atoms with van der Waals surface area (Å²) in [6.45, 7) is 0.466. The van der Waals surface area contributed by atoms with Crippen molar-refractivity contribution in [1.29, 1.82) is 0 Å². The highest BCUT2D eigenvalue weighted by molar-refractivity contribution is 9.11. The van der Waals surface area contributed by atoms with Crippen LogP contribution in [0.25, 0.3) is 0 Å². The summed E-state index contributed by atoms with van der Waals surface area (Å²) in [7, 11) is 0. The molecule has 0 unspecified atom stereocenters. The van der Waals surface area contributed by atoms with Crippen LogP contribution in [0.5, 0.6) is 0 Å². The summed E-state index contributed by atoms with van der Waals surface area (Å²) >= 11 is 6.40. The van der Waals surface area contributed by atoms with E-state index in [-0.39, 0.29) is 12.3 Å². The third kappa shape index (κ3) is 3.57. The summed E-state index contributed by atoms with van der Waals surface area (Å²) in [6, 6.07) is 0. The molecule has 0 spiro atoms. The van der Waals surface area contributed by atoms with E-state index in [1.807, 2.05) is 0 Å². The lowest BCUT2D eigenvalue weighted by Gasteiger charge is -2.05. The van der Waals surface area contributed by atoms with E-state index in [0.29, 0.717) is 21.6 Å². The first kappa shape index (κ1) is 13.1. The lowest BCUT2D eigenvalue weighted by molar-refractivity contribution is -0.116. The Morgan fingerprint density at radius 1 is 1.44 bits per heavy atom. The van der Waals surface area contributed by atoms with Crippen molar-refractivity contribution in [2.45, 2.75) is 13.0 Å². The van der Waals surface area contributed by atoms with Crippen molar-refractivity contribution in [1.82, 2.24) is 24.7 Å². The number of anilines is 1. The van der Waals surface area contributed by atoms with Crippen LogP contribution in [0, 0.1) is 0 Å². The summed E-state index contributed by atoms with van der Waals surface area (Å²) < 4.78 is 2.66. The molecule has 0 saturated heterocycles. The summed E-state index contributed by atoms with van der Waals surface area (Å²) in [4.78, 5) is 23.6. The second-order valence-corrected chi connectivity index (χ2v) is 4.85. The van der Waals surface area contributed by atoms with Crippen molar-refractivity contribution in [2.24, 2.45) is 0 Å². The highest BCUT2D eigenvalue weighted by Crippen LogP contribution is 2.19. The fraction of sp³-hybridized carbons (Fsp3) is 0.222. The van der Waals surface area contributed by atoms with Gasteiger partial charge in [0.05, 0.1) is 12.7 Å². The second kappa shape index (κ2) is 6.01. The van der Waals surface area contributed by atoms with Gasteiger partial charge in [-0.05, 0) is 31.9 Å². The molecular formula is C9H8Br2N6O. The predicted octanol–water partition coefficient (Wildman–Crippen LogP) is 1.62. The van der Waals surface area contributed by atoms with Crippen molar-refractivity contribution >= 4 is 43.6 Å². The fourth-order valence-electron chi connectivity index (χ4n) is 1.19. The Hall–Kier alpha value is -1.35. The standard InChI is InChI=1S/C9H8Br2N6O/c10-6-3-13-9(8(11)15-6)16-7(18)1-2-17-5-12-4-14-17/h3-5H,1-2H2,(H,13,16,18). The van der Waals surface area contributed by atoms with Crippen LogP contribution in [-0.2, 0) is 11.3 Å². The molecule has 0 aliphatic rings. The maximum atomic E-state index is 11.7. The highest BCUT2D eigenvalue weighted by atomic mass is 79.9. The van der Waals surface area contributed by atoms with Crippen LogP contribution in [0.15, 0.2) is 28.1 Å². The molecule has 9 heteroatoms. The molecule has 94 valence electrons. The maximum absolute atomic E-state index is 11.7. The molecule has 2 heterocycles. The predicted molar refractivity (Wildman–Crippen MR) is 70.7 cm³/mol. The number of aromatic nitrogens is 5. The molecule has 0 aliphatic carbocycles. The van der Waals surface area contributed by atoms with Gasteiger partial charge in [-0.15, -0.1) is 0 Å². The van der Waals surface area contributed by atoms with E-state index in [2.05, 4.69) is 57.2 Å². The average molecular weight is 376 g/mol. The molecule has 7 nitrogen and oxygen atoms in total. The van der Waals surface area contributed by atoms with E-state index < -0.39 is 0 Å². The van der Waals surface area contributed by atoms with Gasteiger partial charge >= 0.3 is 0 Å². The van der Waals surface area contributed by atoms with Gasteiger partial charge < -0.3 is 5.32 Å². The normalized spacial score (nSPS) is 10.3. The Bertz CT molecular complexity index is 544. The van der Waals surface area contributed by atoms with Gasteiger partial charge in [0, 0.05) is 6.42 Å². The zero-order valence-corrected chi connectivity index (χ0v) is 12.2. The van der Waals surface area contributed by atoms with Crippen molar-refractivity contribution < 1.29 is 4.79 Å². The average Bonchev–Trinajstić information content (AvgIpc) is 2.83. The fourth-order valence-corrected chi connectivity index (χ4v) is 2.10. The van der Waals surface area contributed by atoms with E-state index in [9.17, 15) is 4.79 Å². The molecule has 0 atom stereocenters. The molecule has 2 rings (SSSR count). The summed E-state index contributed by atoms with van der Waals surface area (Å²) in [6.07, 6.45) is 4.78. The van der Waals surface area contributed by atoms with Crippen LogP contribution in [0.3, 0.4) is 0 Å². The molecule has 0 aromatic carbocycles. The van der Waals surface area contributed by atoms with Crippen molar-refractivity contribution in [2.75, 3.05) is 5.32 Å². The van der Waals surface area contributed by atoms with E-state index in [1.165, 1.54) is 12.5 Å². The Morgan fingerprint density at radius 2 is 2.28 bits per heavy atom. The van der Waals surface area contributed by atoms with Crippen LogP contribution in [0.1, 0.15) is 6.42 Å². The molecule has 0 bridgehead atoms. The van der Waals surface area contributed by atoms with Gasteiger partial charge in [0.2, 0.25) is 5.91 Å². The highest BCUT2D eigenvalue weighted by Gasteiger charge is 2.08. The number of aryl methyl sites for hydroxylation is 1. The topological polar surface area (TPSA) is 85.6 Å². The van der Waals surface area contributed by atoms with Crippen molar-refractivity contribution in [3.63, 3.8) is 0 Å². The molecule has 18 heavy (non-hydrogen) atoms. The van der Waals surface area contributed by atoms with Gasteiger partial charge in [-0.3, -0.25) is 9.48 Å². The zero-order chi connectivity index (χ0) is 13.0. The SMILES string of the molecule is O=C(CCn1cncn1)Nc1ncc(Br)nc1Br. The maximum Gasteiger partial charge on any atom is 0.227 e. The Balaban J connectivity index is 1.91. The Kier molecular flexibility index (Phi) is 4.37. The van der Waals surface area contributed by atoms with Gasteiger partial charge in [0.25, 0.3) is 0 Å². The first-order chi connectivity index (χ1) is 8.65. The number of amides is 1. The first-order valence-corrected chi connectivity index (χ1v) is 6.54. The lowest BCUT2D eigenvalue weighted by Crippen LogP contribution is -2.16. The molecule has 2 aromatic rings.